The lowest BCUT2D eigenvalue weighted by atomic mass is 10.1. The average Bonchev–Trinajstić information content (AvgIpc) is 2.88. The summed E-state index contributed by atoms with van der Waals surface area (Å²) in [6.07, 6.45) is 1.89. The van der Waals surface area contributed by atoms with Gasteiger partial charge in [0.25, 0.3) is 0 Å². The largest absolute Gasteiger partial charge is 0.459 e. The fourth-order valence-corrected chi connectivity index (χ4v) is 3.16. The SMILES string of the molecule is Cc1nn(C)c(CN2CCC[C@H]2C(=O)OC(C)(C)C)c1Br. The fourth-order valence-electron chi connectivity index (χ4n) is 2.70. The van der Waals surface area contributed by atoms with Crippen molar-refractivity contribution in [3.63, 3.8) is 0 Å². The monoisotopic (exact) mass is 357 g/mol. The zero-order valence-electron chi connectivity index (χ0n) is 13.4. The molecular weight excluding hydrogens is 334 g/mol. The van der Waals surface area contributed by atoms with E-state index in [1.807, 2.05) is 39.4 Å². The highest BCUT2D eigenvalue weighted by Crippen LogP contribution is 2.27. The van der Waals surface area contributed by atoms with E-state index in [1.54, 1.807) is 0 Å². The number of nitrogens with zero attached hydrogens (tertiary/aromatic N) is 3. The van der Waals surface area contributed by atoms with Gasteiger partial charge in [-0.2, -0.15) is 5.10 Å². The summed E-state index contributed by atoms with van der Waals surface area (Å²) in [5, 5.41) is 4.41. The molecule has 1 aromatic heterocycles. The standard InChI is InChI=1S/C15H24BrN3O2/c1-10-13(16)12(18(5)17-10)9-19-8-6-7-11(19)14(20)21-15(2,3)4/h11H,6-9H2,1-5H3/t11-/m0/s1. The minimum absolute atomic E-state index is 0.116. The fraction of sp³-hybridized carbons (Fsp3) is 0.733. The smallest absolute Gasteiger partial charge is 0.323 e. The molecule has 1 saturated heterocycles. The van der Waals surface area contributed by atoms with E-state index in [0.29, 0.717) is 6.54 Å². The Morgan fingerprint density at radius 2 is 2.14 bits per heavy atom. The number of likely N-dealkylation sites (tertiary alicyclic amines) is 1. The van der Waals surface area contributed by atoms with E-state index < -0.39 is 5.60 Å². The van der Waals surface area contributed by atoms with Gasteiger partial charge in [-0.25, -0.2) is 0 Å². The summed E-state index contributed by atoms with van der Waals surface area (Å²) in [6, 6.07) is -0.147. The Labute approximate surface area is 134 Å². The molecule has 1 fully saturated rings. The third kappa shape index (κ3) is 3.86. The van der Waals surface area contributed by atoms with Crippen molar-refractivity contribution in [2.24, 2.45) is 7.05 Å². The second-order valence-electron chi connectivity index (χ2n) is 6.63. The quantitative estimate of drug-likeness (QED) is 0.780. The lowest BCUT2D eigenvalue weighted by molar-refractivity contribution is -0.160. The number of aromatic nitrogens is 2. The second-order valence-corrected chi connectivity index (χ2v) is 7.42. The second kappa shape index (κ2) is 6.08. The maximum Gasteiger partial charge on any atom is 0.323 e. The van der Waals surface area contributed by atoms with E-state index in [9.17, 15) is 4.79 Å². The Hall–Kier alpha value is -0.880. The summed E-state index contributed by atoms with van der Waals surface area (Å²) in [6.45, 7) is 9.33. The van der Waals surface area contributed by atoms with E-state index in [-0.39, 0.29) is 12.0 Å². The van der Waals surface area contributed by atoms with Crippen LogP contribution in [0, 0.1) is 6.92 Å². The lowest BCUT2D eigenvalue weighted by Gasteiger charge is -2.27. The summed E-state index contributed by atoms with van der Waals surface area (Å²) < 4.78 is 8.45. The van der Waals surface area contributed by atoms with Crippen LogP contribution in [-0.2, 0) is 23.1 Å². The van der Waals surface area contributed by atoms with Gasteiger partial charge in [0.05, 0.1) is 15.9 Å². The van der Waals surface area contributed by atoms with Crippen molar-refractivity contribution >= 4 is 21.9 Å². The van der Waals surface area contributed by atoms with Gasteiger partial charge in [0.1, 0.15) is 11.6 Å². The number of rotatable bonds is 3. The topological polar surface area (TPSA) is 47.4 Å². The van der Waals surface area contributed by atoms with E-state index in [2.05, 4.69) is 25.9 Å². The van der Waals surface area contributed by atoms with Crippen LogP contribution in [0.3, 0.4) is 0 Å². The molecule has 0 N–H and O–H groups in total. The molecule has 0 saturated carbocycles. The maximum absolute atomic E-state index is 12.3. The van der Waals surface area contributed by atoms with Crippen molar-refractivity contribution in [1.29, 1.82) is 0 Å². The van der Waals surface area contributed by atoms with E-state index in [0.717, 1.165) is 35.2 Å². The molecule has 0 aliphatic carbocycles. The molecule has 0 radical (unpaired) electrons. The maximum atomic E-state index is 12.3. The first-order chi connectivity index (χ1) is 9.69. The third-order valence-corrected chi connectivity index (χ3v) is 4.69. The molecule has 21 heavy (non-hydrogen) atoms. The molecule has 1 aromatic rings. The zero-order valence-corrected chi connectivity index (χ0v) is 15.0. The summed E-state index contributed by atoms with van der Waals surface area (Å²) in [5.74, 6) is -0.116. The van der Waals surface area contributed by atoms with Crippen molar-refractivity contribution in [3.8, 4) is 0 Å². The van der Waals surface area contributed by atoms with Crippen LogP contribution in [0.5, 0.6) is 0 Å². The number of esters is 1. The van der Waals surface area contributed by atoms with Gasteiger partial charge in [0.2, 0.25) is 0 Å². The molecule has 0 unspecified atom stereocenters. The van der Waals surface area contributed by atoms with Crippen molar-refractivity contribution in [1.82, 2.24) is 14.7 Å². The van der Waals surface area contributed by atoms with Gasteiger partial charge in [-0.05, 0) is 63.0 Å². The van der Waals surface area contributed by atoms with Crippen molar-refractivity contribution < 1.29 is 9.53 Å². The first kappa shape index (κ1) is 16.5. The van der Waals surface area contributed by atoms with Crippen LogP contribution < -0.4 is 0 Å². The minimum atomic E-state index is -0.435. The van der Waals surface area contributed by atoms with Crippen LogP contribution in [0.15, 0.2) is 4.47 Å². The Kier molecular flexibility index (Phi) is 4.78. The Morgan fingerprint density at radius 1 is 1.48 bits per heavy atom. The van der Waals surface area contributed by atoms with Crippen LogP contribution in [0.25, 0.3) is 0 Å². The van der Waals surface area contributed by atoms with Gasteiger partial charge < -0.3 is 4.74 Å². The van der Waals surface area contributed by atoms with Gasteiger partial charge in [0.15, 0.2) is 0 Å². The first-order valence-corrected chi connectivity index (χ1v) is 8.13. The third-order valence-electron chi connectivity index (χ3n) is 3.66. The predicted octanol–water partition coefficient (Wildman–Crippen LogP) is 2.80. The molecule has 0 bridgehead atoms. The van der Waals surface area contributed by atoms with Gasteiger partial charge in [0, 0.05) is 13.6 Å². The van der Waals surface area contributed by atoms with Gasteiger partial charge in [-0.15, -0.1) is 0 Å². The molecule has 118 valence electrons. The number of aryl methyl sites for hydroxylation is 2. The van der Waals surface area contributed by atoms with Crippen molar-refractivity contribution in [2.75, 3.05) is 6.54 Å². The Morgan fingerprint density at radius 3 is 2.67 bits per heavy atom. The Bertz CT molecular complexity index is 534. The number of halogens is 1. The highest BCUT2D eigenvalue weighted by molar-refractivity contribution is 9.10. The molecule has 2 rings (SSSR count). The van der Waals surface area contributed by atoms with Crippen LogP contribution in [0.4, 0.5) is 0 Å². The molecule has 2 heterocycles. The van der Waals surface area contributed by atoms with Gasteiger partial charge in [-0.3, -0.25) is 14.4 Å². The molecule has 1 aliphatic heterocycles. The zero-order chi connectivity index (χ0) is 15.8. The number of carbonyl (C=O) groups is 1. The van der Waals surface area contributed by atoms with Crippen LogP contribution in [0.1, 0.15) is 45.0 Å². The molecule has 1 aliphatic rings. The van der Waals surface area contributed by atoms with Crippen LogP contribution >= 0.6 is 15.9 Å². The van der Waals surface area contributed by atoms with Gasteiger partial charge in [-0.1, -0.05) is 0 Å². The number of carbonyl (C=O) groups excluding carboxylic acids is 1. The molecular formula is C15H24BrN3O2. The molecule has 0 spiro atoms. The minimum Gasteiger partial charge on any atom is -0.459 e. The molecule has 5 nitrogen and oxygen atoms in total. The lowest BCUT2D eigenvalue weighted by Crippen LogP contribution is -2.40. The van der Waals surface area contributed by atoms with Gasteiger partial charge >= 0.3 is 5.97 Å². The highest BCUT2D eigenvalue weighted by Gasteiger charge is 2.34. The molecule has 0 amide bonds. The van der Waals surface area contributed by atoms with Crippen LogP contribution in [0.2, 0.25) is 0 Å². The first-order valence-electron chi connectivity index (χ1n) is 7.34. The van der Waals surface area contributed by atoms with Crippen LogP contribution in [-0.4, -0.2) is 38.8 Å². The molecule has 0 aromatic carbocycles. The highest BCUT2D eigenvalue weighted by atomic mass is 79.9. The predicted molar refractivity (Wildman–Crippen MR) is 84.9 cm³/mol. The summed E-state index contributed by atoms with van der Waals surface area (Å²) in [4.78, 5) is 14.5. The number of hydrogen-bond donors (Lipinski definition) is 0. The number of ether oxygens (including phenoxy) is 1. The molecule has 6 heteroatoms. The summed E-state index contributed by atoms with van der Waals surface area (Å²) >= 11 is 3.59. The van der Waals surface area contributed by atoms with E-state index in [4.69, 9.17) is 4.74 Å². The van der Waals surface area contributed by atoms with E-state index in [1.165, 1.54) is 0 Å². The summed E-state index contributed by atoms with van der Waals surface area (Å²) in [5.41, 5.74) is 1.64. The Balaban J connectivity index is 2.10. The normalized spacial score (nSPS) is 20.0. The van der Waals surface area contributed by atoms with E-state index >= 15 is 0 Å². The number of hydrogen-bond acceptors (Lipinski definition) is 4. The van der Waals surface area contributed by atoms with Crippen molar-refractivity contribution in [2.45, 2.75) is 58.7 Å². The average molecular weight is 358 g/mol. The van der Waals surface area contributed by atoms with Crippen molar-refractivity contribution in [3.05, 3.63) is 15.9 Å². The molecule has 1 atom stereocenters. The summed E-state index contributed by atoms with van der Waals surface area (Å²) in [7, 11) is 1.94.